The predicted molar refractivity (Wildman–Crippen MR) is 70.5 cm³/mol. The average Bonchev–Trinajstić information content (AvgIpc) is 3.08. The van der Waals surface area contributed by atoms with Gasteiger partial charge in [-0.25, -0.2) is 17.9 Å². The highest BCUT2D eigenvalue weighted by Crippen LogP contribution is 2.36. The molecule has 1 aliphatic carbocycles. The highest BCUT2D eigenvalue weighted by molar-refractivity contribution is 9.10. The lowest BCUT2D eigenvalue weighted by Gasteiger charge is -2.15. The van der Waals surface area contributed by atoms with Crippen molar-refractivity contribution in [2.24, 2.45) is 0 Å². The van der Waals surface area contributed by atoms with Crippen molar-refractivity contribution in [3.63, 3.8) is 0 Å². The number of hydrogen-bond donors (Lipinski definition) is 3. The summed E-state index contributed by atoms with van der Waals surface area (Å²) in [5, 5.41) is 18.1. The van der Waals surface area contributed by atoms with E-state index in [1.54, 1.807) is 0 Å². The summed E-state index contributed by atoms with van der Waals surface area (Å²) >= 11 is 3.05. The lowest BCUT2D eigenvalue weighted by Crippen LogP contribution is -2.39. The maximum absolute atomic E-state index is 12.1. The molecule has 19 heavy (non-hydrogen) atoms. The third kappa shape index (κ3) is 2.97. The van der Waals surface area contributed by atoms with Crippen molar-refractivity contribution in [2.45, 2.75) is 23.3 Å². The van der Waals surface area contributed by atoms with E-state index in [4.69, 9.17) is 10.2 Å². The zero-order chi connectivity index (χ0) is 14.3. The Labute approximate surface area is 118 Å². The molecule has 1 aromatic rings. The van der Waals surface area contributed by atoms with Crippen molar-refractivity contribution < 1.29 is 23.4 Å². The molecule has 0 heterocycles. The van der Waals surface area contributed by atoms with Crippen molar-refractivity contribution in [2.75, 3.05) is 6.61 Å². The Bertz CT molecular complexity index is 624. The van der Waals surface area contributed by atoms with Gasteiger partial charge in [-0.1, -0.05) is 0 Å². The van der Waals surface area contributed by atoms with Crippen LogP contribution in [0.3, 0.4) is 0 Å². The highest BCUT2D eigenvalue weighted by Gasteiger charge is 2.45. The van der Waals surface area contributed by atoms with Crippen LogP contribution in [-0.4, -0.2) is 36.7 Å². The number of carboxylic acid groups (broad SMARTS) is 1. The van der Waals surface area contributed by atoms with Crippen molar-refractivity contribution in [1.29, 1.82) is 0 Å². The van der Waals surface area contributed by atoms with Gasteiger partial charge < -0.3 is 10.2 Å². The molecule has 1 saturated carbocycles. The number of aliphatic hydroxyl groups excluding tert-OH is 1. The molecule has 0 radical (unpaired) electrons. The zero-order valence-electron chi connectivity index (χ0n) is 9.76. The number of carbonyl (C=O) groups is 1. The Morgan fingerprint density at radius 2 is 2.05 bits per heavy atom. The summed E-state index contributed by atoms with van der Waals surface area (Å²) in [6.07, 6.45) is 1.15. The van der Waals surface area contributed by atoms with Gasteiger partial charge in [0.15, 0.2) is 0 Å². The molecule has 0 aliphatic heterocycles. The normalized spacial score (nSPS) is 17.2. The summed E-state index contributed by atoms with van der Waals surface area (Å²) in [6.45, 7) is -0.269. The Morgan fingerprint density at radius 3 is 2.53 bits per heavy atom. The van der Waals surface area contributed by atoms with Crippen LogP contribution in [-0.2, 0) is 10.0 Å². The number of benzene rings is 1. The number of aromatic carboxylic acids is 1. The molecule has 0 bridgehead atoms. The first-order chi connectivity index (χ1) is 8.80. The fourth-order valence-corrected chi connectivity index (χ4v) is 3.52. The monoisotopic (exact) mass is 349 g/mol. The summed E-state index contributed by atoms with van der Waals surface area (Å²) < 4.78 is 26.9. The van der Waals surface area contributed by atoms with Gasteiger partial charge in [0.1, 0.15) is 0 Å². The second-order valence-electron chi connectivity index (χ2n) is 4.49. The number of aliphatic hydroxyl groups is 1. The van der Waals surface area contributed by atoms with Crippen LogP contribution in [0.5, 0.6) is 0 Å². The molecule has 104 valence electrons. The molecule has 0 atom stereocenters. The molecule has 2 rings (SSSR count). The number of nitrogens with one attached hydrogen (secondary N) is 1. The number of rotatable bonds is 5. The Morgan fingerprint density at radius 1 is 1.42 bits per heavy atom. The largest absolute Gasteiger partial charge is 0.478 e. The molecule has 0 amide bonds. The van der Waals surface area contributed by atoms with Crippen molar-refractivity contribution >= 4 is 31.9 Å². The number of hydrogen-bond acceptors (Lipinski definition) is 4. The molecule has 0 saturated heterocycles. The molecule has 0 spiro atoms. The fraction of sp³-hybridized carbons (Fsp3) is 0.364. The predicted octanol–water partition coefficient (Wildman–Crippen LogP) is 0.950. The van der Waals surface area contributed by atoms with Crippen LogP contribution in [0.15, 0.2) is 27.6 Å². The molecule has 0 aromatic heterocycles. The molecule has 8 heteroatoms. The Hall–Kier alpha value is -0.960. The summed E-state index contributed by atoms with van der Waals surface area (Å²) in [6, 6.07) is 3.77. The van der Waals surface area contributed by atoms with Gasteiger partial charge in [-0.2, -0.15) is 0 Å². The van der Waals surface area contributed by atoms with E-state index in [2.05, 4.69) is 20.7 Å². The van der Waals surface area contributed by atoms with Crippen LogP contribution in [0.1, 0.15) is 23.2 Å². The molecule has 3 N–H and O–H groups in total. The lowest BCUT2D eigenvalue weighted by atomic mass is 10.2. The Kier molecular flexibility index (Phi) is 3.69. The topological polar surface area (TPSA) is 104 Å². The van der Waals surface area contributed by atoms with E-state index >= 15 is 0 Å². The molecule has 1 aliphatic rings. The molecule has 0 unspecified atom stereocenters. The summed E-state index contributed by atoms with van der Waals surface area (Å²) in [5.41, 5.74) is -0.910. The maximum atomic E-state index is 12.1. The number of carboxylic acids is 1. The number of halogens is 1. The minimum absolute atomic E-state index is 0.128. The fourth-order valence-electron chi connectivity index (χ4n) is 1.62. The van der Waals surface area contributed by atoms with Gasteiger partial charge in [0.2, 0.25) is 10.0 Å². The molecular weight excluding hydrogens is 338 g/mol. The first-order valence-corrected chi connectivity index (χ1v) is 7.75. The third-order valence-electron chi connectivity index (χ3n) is 2.99. The van der Waals surface area contributed by atoms with Crippen molar-refractivity contribution in [3.8, 4) is 0 Å². The summed E-state index contributed by atoms with van der Waals surface area (Å²) in [5.74, 6) is -1.22. The molecule has 1 fully saturated rings. The van der Waals surface area contributed by atoms with Crippen LogP contribution >= 0.6 is 15.9 Å². The quantitative estimate of drug-likeness (QED) is 0.734. The lowest BCUT2D eigenvalue weighted by molar-refractivity contribution is 0.0695. The van der Waals surface area contributed by atoms with E-state index in [9.17, 15) is 13.2 Å². The standard InChI is InChI=1S/C11H12BrNO5S/c12-9-2-1-7(5-8(9)10(15)16)19(17,18)13-11(6-14)3-4-11/h1-2,5,13-14H,3-4,6H2,(H,15,16). The molecule has 6 nitrogen and oxygen atoms in total. The van der Waals surface area contributed by atoms with E-state index in [1.165, 1.54) is 12.1 Å². The second-order valence-corrected chi connectivity index (χ2v) is 7.03. The van der Waals surface area contributed by atoms with Crippen molar-refractivity contribution in [3.05, 3.63) is 28.2 Å². The van der Waals surface area contributed by atoms with Crippen LogP contribution in [0.2, 0.25) is 0 Å². The average molecular weight is 350 g/mol. The van der Waals surface area contributed by atoms with Crippen LogP contribution < -0.4 is 4.72 Å². The van der Waals surface area contributed by atoms with Gasteiger partial charge in [0.25, 0.3) is 0 Å². The van der Waals surface area contributed by atoms with Gasteiger partial charge in [-0.15, -0.1) is 0 Å². The smallest absolute Gasteiger partial charge is 0.336 e. The summed E-state index contributed by atoms with van der Waals surface area (Å²) in [4.78, 5) is 10.8. The van der Waals surface area contributed by atoms with E-state index in [-0.39, 0.29) is 17.1 Å². The minimum atomic E-state index is -3.83. The molecule has 1 aromatic carbocycles. The van der Waals surface area contributed by atoms with E-state index in [0.717, 1.165) is 6.07 Å². The van der Waals surface area contributed by atoms with Gasteiger partial charge in [0.05, 0.1) is 22.6 Å². The van der Waals surface area contributed by atoms with E-state index in [1.807, 2.05) is 0 Å². The highest BCUT2D eigenvalue weighted by atomic mass is 79.9. The van der Waals surface area contributed by atoms with Crippen LogP contribution in [0.25, 0.3) is 0 Å². The second kappa shape index (κ2) is 4.86. The zero-order valence-corrected chi connectivity index (χ0v) is 12.2. The molecular formula is C11H12BrNO5S. The van der Waals surface area contributed by atoms with Gasteiger partial charge in [0, 0.05) is 4.47 Å². The SMILES string of the molecule is O=C(O)c1cc(S(=O)(=O)NC2(CO)CC2)ccc1Br. The van der Waals surface area contributed by atoms with Crippen LogP contribution in [0.4, 0.5) is 0 Å². The summed E-state index contributed by atoms with van der Waals surface area (Å²) in [7, 11) is -3.83. The van der Waals surface area contributed by atoms with Gasteiger partial charge in [-0.3, -0.25) is 0 Å². The Balaban J connectivity index is 2.36. The van der Waals surface area contributed by atoms with Gasteiger partial charge >= 0.3 is 5.97 Å². The van der Waals surface area contributed by atoms with Crippen LogP contribution in [0, 0.1) is 0 Å². The third-order valence-corrected chi connectivity index (χ3v) is 5.25. The van der Waals surface area contributed by atoms with E-state index < -0.39 is 21.5 Å². The van der Waals surface area contributed by atoms with E-state index in [0.29, 0.717) is 17.3 Å². The van der Waals surface area contributed by atoms with Gasteiger partial charge in [-0.05, 0) is 47.0 Å². The maximum Gasteiger partial charge on any atom is 0.336 e. The first kappa shape index (κ1) is 14.4. The number of sulfonamides is 1. The first-order valence-electron chi connectivity index (χ1n) is 5.47. The minimum Gasteiger partial charge on any atom is -0.478 e. The van der Waals surface area contributed by atoms with Crippen molar-refractivity contribution in [1.82, 2.24) is 4.72 Å².